The monoisotopic (exact) mass is 371 g/mol. The highest BCUT2D eigenvalue weighted by molar-refractivity contribution is 9.11. The molecule has 0 bridgehead atoms. The number of carboxylic acids is 1. The first-order valence-corrected chi connectivity index (χ1v) is 7.72. The van der Waals surface area contributed by atoms with Crippen molar-refractivity contribution in [2.45, 2.75) is 13.5 Å². The zero-order valence-corrected chi connectivity index (χ0v) is 13.8. The Kier molecular flexibility index (Phi) is 4.69. The number of aromatic nitrogens is 1. The molecule has 0 aliphatic heterocycles. The van der Waals surface area contributed by atoms with E-state index in [0.29, 0.717) is 12.2 Å². The van der Waals surface area contributed by atoms with Crippen LogP contribution in [0.1, 0.15) is 21.7 Å². The van der Waals surface area contributed by atoms with Crippen molar-refractivity contribution in [2.24, 2.45) is 0 Å². The summed E-state index contributed by atoms with van der Waals surface area (Å²) in [6.07, 6.45) is 0. The molecule has 0 radical (unpaired) electrons. The largest absolute Gasteiger partial charge is 0.477 e. The van der Waals surface area contributed by atoms with Crippen LogP contribution in [-0.2, 0) is 6.54 Å². The molecule has 2 aromatic rings. The van der Waals surface area contributed by atoms with Crippen molar-refractivity contribution in [2.75, 3.05) is 12.4 Å². The fourth-order valence-corrected chi connectivity index (χ4v) is 3.04. The quantitative estimate of drug-likeness (QED) is 0.768. The zero-order chi connectivity index (χ0) is 15.6. The minimum Gasteiger partial charge on any atom is -0.477 e. The lowest BCUT2D eigenvalue weighted by Gasteiger charge is -2.17. The van der Waals surface area contributed by atoms with Gasteiger partial charge in [-0.05, 0) is 45.9 Å². The fourth-order valence-electron chi connectivity index (χ4n) is 1.84. The summed E-state index contributed by atoms with van der Waals surface area (Å²) in [7, 11) is 1.65. The predicted octanol–water partition coefficient (Wildman–Crippen LogP) is 3.51. The topological polar surface area (TPSA) is 85.4 Å². The van der Waals surface area contributed by atoms with E-state index in [4.69, 9.17) is 5.11 Å². The van der Waals surface area contributed by atoms with Gasteiger partial charge < -0.3 is 20.3 Å². The molecule has 2 heterocycles. The van der Waals surface area contributed by atoms with E-state index in [0.717, 1.165) is 9.35 Å². The van der Waals surface area contributed by atoms with Crippen molar-refractivity contribution in [3.05, 3.63) is 38.3 Å². The molecule has 2 rings (SSSR count). The Morgan fingerprint density at radius 3 is 2.76 bits per heavy atom. The maximum Gasteiger partial charge on any atom is 0.354 e. The zero-order valence-electron chi connectivity index (χ0n) is 11.4. The van der Waals surface area contributed by atoms with Gasteiger partial charge in [-0.2, -0.15) is 0 Å². The number of H-pyrrole nitrogens is 1. The first-order chi connectivity index (χ1) is 9.86. The van der Waals surface area contributed by atoms with E-state index in [9.17, 15) is 9.59 Å². The summed E-state index contributed by atoms with van der Waals surface area (Å²) in [4.78, 5) is 27.4. The van der Waals surface area contributed by atoms with Crippen LogP contribution in [0.2, 0.25) is 0 Å². The molecule has 0 aliphatic carbocycles. The number of hydrogen-bond acceptors (Lipinski definition) is 3. The maximum absolute atomic E-state index is 12.1. The van der Waals surface area contributed by atoms with Gasteiger partial charge in [0, 0.05) is 19.3 Å². The van der Waals surface area contributed by atoms with Crippen LogP contribution in [0.4, 0.5) is 10.5 Å². The number of urea groups is 1. The third-order valence-corrected chi connectivity index (χ3v) is 4.35. The van der Waals surface area contributed by atoms with Crippen molar-refractivity contribution in [1.29, 1.82) is 0 Å². The van der Waals surface area contributed by atoms with Crippen molar-refractivity contribution in [3.8, 4) is 0 Å². The number of carbonyl (C=O) groups is 2. The molecule has 2 amide bonds. The minimum atomic E-state index is -1.11. The fraction of sp³-hybridized carbons (Fsp3) is 0.231. The Labute approximate surface area is 133 Å². The number of aromatic amines is 1. The molecule has 6 nitrogen and oxygen atoms in total. The number of thiophene rings is 1. The second-order valence-electron chi connectivity index (χ2n) is 4.59. The summed E-state index contributed by atoms with van der Waals surface area (Å²) >= 11 is 4.92. The molecule has 0 unspecified atom stereocenters. The summed E-state index contributed by atoms with van der Waals surface area (Å²) in [5, 5.41) is 13.6. The number of amides is 2. The highest BCUT2D eigenvalue weighted by atomic mass is 79.9. The lowest BCUT2D eigenvalue weighted by Crippen LogP contribution is -2.31. The van der Waals surface area contributed by atoms with Gasteiger partial charge >= 0.3 is 12.0 Å². The first kappa shape index (κ1) is 15.6. The smallest absolute Gasteiger partial charge is 0.354 e. The Bertz CT molecular complexity index is 680. The van der Waals surface area contributed by atoms with E-state index in [2.05, 4.69) is 26.2 Å². The van der Waals surface area contributed by atoms with Crippen LogP contribution in [0.5, 0.6) is 0 Å². The van der Waals surface area contributed by atoms with Gasteiger partial charge in [-0.3, -0.25) is 0 Å². The number of rotatable bonds is 4. The van der Waals surface area contributed by atoms with E-state index >= 15 is 0 Å². The molecule has 8 heteroatoms. The Hall–Kier alpha value is -1.80. The van der Waals surface area contributed by atoms with E-state index < -0.39 is 5.97 Å². The standard InChI is InChI=1S/C13H14BrN3O3S/c1-7-3-9(11(15-7)12(18)19)16-13(20)17(2)5-8-4-10(14)21-6-8/h3-4,6,15H,5H2,1-2H3,(H,16,20)(H,18,19). The molecule has 3 N–H and O–H groups in total. The molecule has 0 fully saturated rings. The summed E-state index contributed by atoms with van der Waals surface area (Å²) in [6, 6.07) is 3.17. The third-order valence-electron chi connectivity index (χ3n) is 2.80. The van der Waals surface area contributed by atoms with E-state index in [1.807, 2.05) is 11.4 Å². The normalized spacial score (nSPS) is 10.4. The SMILES string of the molecule is Cc1cc(NC(=O)N(C)Cc2csc(Br)c2)c(C(=O)O)[nH]1. The number of halogens is 1. The van der Waals surface area contributed by atoms with Gasteiger partial charge in [-0.25, -0.2) is 9.59 Å². The van der Waals surface area contributed by atoms with Gasteiger partial charge in [-0.1, -0.05) is 0 Å². The average Bonchev–Trinajstić information content (AvgIpc) is 2.95. The number of aromatic carboxylic acids is 1. The summed E-state index contributed by atoms with van der Waals surface area (Å²) in [5.74, 6) is -1.11. The van der Waals surface area contributed by atoms with Crippen molar-refractivity contribution in [3.63, 3.8) is 0 Å². The minimum absolute atomic E-state index is 0.0208. The summed E-state index contributed by atoms with van der Waals surface area (Å²) in [5.41, 5.74) is 1.93. The molecule has 2 aromatic heterocycles. The second-order valence-corrected chi connectivity index (χ2v) is 6.88. The number of aryl methyl sites for hydroxylation is 1. The van der Waals surface area contributed by atoms with Crippen LogP contribution in [-0.4, -0.2) is 34.0 Å². The van der Waals surface area contributed by atoms with Crippen molar-refractivity contribution < 1.29 is 14.7 Å². The van der Waals surface area contributed by atoms with Gasteiger partial charge in [0.15, 0.2) is 0 Å². The molecule has 0 saturated carbocycles. The van der Waals surface area contributed by atoms with Crippen LogP contribution in [0.15, 0.2) is 21.3 Å². The highest BCUT2D eigenvalue weighted by Gasteiger charge is 2.17. The van der Waals surface area contributed by atoms with Crippen LogP contribution in [0.3, 0.4) is 0 Å². The lowest BCUT2D eigenvalue weighted by molar-refractivity contribution is 0.0692. The maximum atomic E-state index is 12.1. The number of hydrogen-bond donors (Lipinski definition) is 3. The third kappa shape index (κ3) is 3.85. The first-order valence-electron chi connectivity index (χ1n) is 6.04. The number of carboxylic acid groups (broad SMARTS) is 1. The Morgan fingerprint density at radius 2 is 2.19 bits per heavy atom. The van der Waals surface area contributed by atoms with E-state index in [1.54, 1.807) is 31.4 Å². The van der Waals surface area contributed by atoms with Gasteiger partial charge in [0.25, 0.3) is 0 Å². The number of nitrogens with one attached hydrogen (secondary N) is 2. The molecule has 21 heavy (non-hydrogen) atoms. The van der Waals surface area contributed by atoms with E-state index in [1.165, 1.54) is 4.90 Å². The molecule has 0 aliphatic rings. The van der Waals surface area contributed by atoms with Crippen LogP contribution in [0, 0.1) is 6.92 Å². The van der Waals surface area contributed by atoms with Crippen LogP contribution < -0.4 is 5.32 Å². The molecule has 112 valence electrons. The Morgan fingerprint density at radius 1 is 1.48 bits per heavy atom. The molecule has 0 atom stereocenters. The molecule has 0 spiro atoms. The summed E-state index contributed by atoms with van der Waals surface area (Å²) < 4.78 is 1.00. The van der Waals surface area contributed by atoms with E-state index in [-0.39, 0.29) is 17.4 Å². The average molecular weight is 372 g/mol. The predicted molar refractivity (Wildman–Crippen MR) is 85.0 cm³/mol. The molecular weight excluding hydrogens is 358 g/mol. The van der Waals surface area contributed by atoms with Crippen molar-refractivity contribution >= 4 is 45.0 Å². The van der Waals surface area contributed by atoms with Gasteiger partial charge in [0.2, 0.25) is 0 Å². The number of anilines is 1. The molecule has 0 aromatic carbocycles. The van der Waals surface area contributed by atoms with Gasteiger partial charge in [0.05, 0.1) is 9.47 Å². The summed E-state index contributed by atoms with van der Waals surface area (Å²) in [6.45, 7) is 2.18. The Balaban J connectivity index is 2.05. The lowest BCUT2D eigenvalue weighted by atomic mass is 10.3. The van der Waals surface area contributed by atoms with Gasteiger partial charge in [0.1, 0.15) is 5.69 Å². The van der Waals surface area contributed by atoms with Crippen LogP contribution in [0.25, 0.3) is 0 Å². The molecule has 0 saturated heterocycles. The van der Waals surface area contributed by atoms with Crippen molar-refractivity contribution in [1.82, 2.24) is 9.88 Å². The number of nitrogens with zero attached hydrogens (tertiary/aromatic N) is 1. The number of carbonyl (C=O) groups excluding carboxylic acids is 1. The highest BCUT2D eigenvalue weighted by Crippen LogP contribution is 2.22. The molecular formula is C13H14BrN3O3S. The van der Waals surface area contributed by atoms with Crippen LogP contribution >= 0.6 is 27.3 Å². The van der Waals surface area contributed by atoms with Gasteiger partial charge in [-0.15, -0.1) is 11.3 Å². The second kappa shape index (κ2) is 6.31.